The highest BCUT2D eigenvalue weighted by Gasteiger charge is 2.12. The van der Waals surface area contributed by atoms with Gasteiger partial charge in [0, 0.05) is 18.2 Å². The molecular formula is C7H8N4O2S. The summed E-state index contributed by atoms with van der Waals surface area (Å²) in [5.41, 5.74) is 0.759. The molecule has 0 aliphatic heterocycles. The summed E-state index contributed by atoms with van der Waals surface area (Å²) >= 11 is -1.24. The average molecular weight is 212 g/mol. The highest BCUT2D eigenvalue weighted by molar-refractivity contribution is 7.90. The minimum absolute atomic E-state index is 0.222. The summed E-state index contributed by atoms with van der Waals surface area (Å²) in [7, 11) is 1.62. The van der Waals surface area contributed by atoms with Crippen molar-refractivity contribution < 1.29 is 4.55 Å². The molecule has 74 valence electrons. The first kappa shape index (κ1) is 9.22. The van der Waals surface area contributed by atoms with E-state index in [1.54, 1.807) is 7.05 Å². The maximum Gasteiger partial charge on any atom is 0.344 e. The summed E-state index contributed by atoms with van der Waals surface area (Å²) in [4.78, 5) is 21.6. The fraction of sp³-hybridized carbons (Fsp3) is 0.286. The predicted octanol–water partition coefficient (Wildman–Crippen LogP) is -0.606. The molecule has 0 aliphatic carbocycles. The second kappa shape index (κ2) is 3.10. The van der Waals surface area contributed by atoms with Crippen LogP contribution in [0.15, 0.2) is 16.1 Å². The van der Waals surface area contributed by atoms with E-state index in [0.29, 0.717) is 11.2 Å². The van der Waals surface area contributed by atoms with Gasteiger partial charge in [0.05, 0.1) is 6.20 Å². The van der Waals surface area contributed by atoms with Crippen molar-refractivity contribution in [3.63, 3.8) is 0 Å². The molecule has 0 aromatic carbocycles. The van der Waals surface area contributed by atoms with Crippen LogP contribution in [0.4, 0.5) is 0 Å². The highest BCUT2D eigenvalue weighted by Crippen LogP contribution is 2.07. The Morgan fingerprint density at radius 2 is 2.36 bits per heavy atom. The molecule has 1 atom stereocenters. The van der Waals surface area contributed by atoms with Gasteiger partial charge in [0.1, 0.15) is 11.8 Å². The van der Waals surface area contributed by atoms with Crippen LogP contribution in [0.3, 0.4) is 0 Å². The normalized spacial score (nSPS) is 13.4. The van der Waals surface area contributed by atoms with Crippen molar-refractivity contribution in [2.45, 2.75) is 5.16 Å². The van der Waals surface area contributed by atoms with Crippen LogP contribution in [0, 0.1) is 0 Å². The summed E-state index contributed by atoms with van der Waals surface area (Å²) in [6.45, 7) is 0. The number of nitrogens with one attached hydrogen (secondary N) is 1. The number of rotatable bonds is 1. The van der Waals surface area contributed by atoms with Gasteiger partial charge in [0.25, 0.3) is 0 Å². The van der Waals surface area contributed by atoms with E-state index >= 15 is 0 Å². The molecule has 7 heteroatoms. The van der Waals surface area contributed by atoms with Crippen molar-refractivity contribution in [3.8, 4) is 0 Å². The van der Waals surface area contributed by atoms with Gasteiger partial charge >= 0.3 is 10.8 Å². The Hall–Kier alpha value is -1.34. The highest BCUT2D eigenvalue weighted by atomic mass is 32.2. The zero-order valence-electron chi connectivity index (χ0n) is 7.64. The molecule has 0 fully saturated rings. The van der Waals surface area contributed by atoms with E-state index < -0.39 is 11.2 Å². The Balaban J connectivity index is 2.73. The van der Waals surface area contributed by atoms with Gasteiger partial charge in [-0.1, -0.05) is 0 Å². The maximum atomic E-state index is 11.2. The molecule has 0 aliphatic rings. The first-order valence-corrected chi connectivity index (χ1v) is 5.40. The van der Waals surface area contributed by atoms with Crippen LogP contribution in [-0.4, -0.2) is 30.3 Å². The Kier molecular flexibility index (Phi) is 2.05. The third-order valence-electron chi connectivity index (χ3n) is 1.90. The number of hydrogen-bond acceptors (Lipinski definition) is 4. The number of imidazole rings is 1. The summed E-state index contributed by atoms with van der Waals surface area (Å²) in [5, 5.41) is 0.222. The van der Waals surface area contributed by atoms with E-state index in [4.69, 9.17) is 0 Å². The smallest absolute Gasteiger partial charge is 0.344 e. The van der Waals surface area contributed by atoms with Gasteiger partial charge in [-0.05, 0) is 0 Å². The lowest BCUT2D eigenvalue weighted by Crippen LogP contribution is -2.11. The SMILES string of the molecule is Cn1c(=O)[nH]c2nc([S+](C)[O-])ncc21. The Labute approximate surface area is 82.2 Å². The zero-order valence-corrected chi connectivity index (χ0v) is 8.46. The predicted molar refractivity (Wildman–Crippen MR) is 51.5 cm³/mol. The maximum absolute atomic E-state index is 11.2. The van der Waals surface area contributed by atoms with E-state index in [2.05, 4.69) is 15.0 Å². The quantitative estimate of drug-likeness (QED) is 0.505. The first-order valence-electron chi connectivity index (χ1n) is 3.85. The van der Waals surface area contributed by atoms with Gasteiger partial charge in [-0.3, -0.25) is 9.55 Å². The first-order chi connectivity index (χ1) is 6.59. The topological polar surface area (TPSA) is 86.6 Å². The van der Waals surface area contributed by atoms with Crippen LogP contribution < -0.4 is 5.69 Å². The Morgan fingerprint density at radius 1 is 1.64 bits per heavy atom. The Bertz CT molecular complexity index is 530. The monoisotopic (exact) mass is 212 g/mol. The summed E-state index contributed by atoms with van der Waals surface area (Å²) < 4.78 is 12.5. The van der Waals surface area contributed by atoms with Crippen LogP contribution >= 0.6 is 0 Å². The van der Waals surface area contributed by atoms with Crippen molar-refractivity contribution in [1.29, 1.82) is 0 Å². The van der Waals surface area contributed by atoms with E-state index in [1.807, 2.05) is 0 Å². The van der Waals surface area contributed by atoms with Gasteiger partial charge in [-0.25, -0.2) is 4.79 Å². The standard InChI is InChI=1S/C7H8N4O2S/c1-11-4-3-8-6(14(2)13)9-5(4)10-7(11)12/h3H,1-2H3,(H,8,9,10,12). The number of hydrogen-bond donors (Lipinski definition) is 1. The lowest BCUT2D eigenvalue weighted by Gasteiger charge is -2.00. The van der Waals surface area contributed by atoms with Crippen molar-refractivity contribution in [2.75, 3.05) is 6.26 Å². The molecule has 1 unspecified atom stereocenters. The molecule has 6 nitrogen and oxygen atoms in total. The molecule has 0 saturated carbocycles. The number of aryl methyl sites for hydroxylation is 1. The van der Waals surface area contributed by atoms with E-state index in [-0.39, 0.29) is 10.8 Å². The summed E-state index contributed by atoms with van der Waals surface area (Å²) in [6, 6.07) is 0. The molecular weight excluding hydrogens is 204 g/mol. The number of aromatic nitrogens is 4. The lowest BCUT2D eigenvalue weighted by molar-refractivity contribution is 0.592. The van der Waals surface area contributed by atoms with E-state index in [9.17, 15) is 9.35 Å². The molecule has 0 amide bonds. The van der Waals surface area contributed by atoms with Gasteiger partial charge in [0.15, 0.2) is 5.65 Å². The third-order valence-corrected chi connectivity index (χ3v) is 2.61. The van der Waals surface area contributed by atoms with Gasteiger partial charge < -0.3 is 4.55 Å². The average Bonchev–Trinajstić information content (AvgIpc) is 2.42. The molecule has 0 radical (unpaired) electrons. The van der Waals surface area contributed by atoms with Crippen LogP contribution in [0.25, 0.3) is 11.2 Å². The number of H-pyrrole nitrogens is 1. The molecule has 0 spiro atoms. The second-order valence-corrected chi connectivity index (χ2v) is 4.10. The minimum Gasteiger partial charge on any atom is -0.609 e. The van der Waals surface area contributed by atoms with E-state index in [1.165, 1.54) is 17.0 Å². The molecule has 2 aromatic rings. The number of aromatic amines is 1. The molecule has 2 aromatic heterocycles. The van der Waals surface area contributed by atoms with E-state index in [0.717, 1.165) is 0 Å². The van der Waals surface area contributed by atoms with Crippen LogP contribution in [0.5, 0.6) is 0 Å². The van der Waals surface area contributed by atoms with Gasteiger partial charge in [-0.2, -0.15) is 9.97 Å². The van der Waals surface area contributed by atoms with Crippen LogP contribution in [0.1, 0.15) is 0 Å². The number of nitrogens with zero attached hydrogens (tertiary/aromatic N) is 3. The number of fused-ring (bicyclic) bond motifs is 1. The van der Waals surface area contributed by atoms with Crippen molar-refractivity contribution in [2.24, 2.45) is 7.05 Å². The molecule has 0 bridgehead atoms. The lowest BCUT2D eigenvalue weighted by atomic mass is 10.5. The summed E-state index contributed by atoms with van der Waals surface area (Å²) in [5.74, 6) is 0. The fourth-order valence-corrected chi connectivity index (χ4v) is 1.55. The molecule has 2 heterocycles. The Morgan fingerprint density at radius 3 is 3.00 bits per heavy atom. The van der Waals surface area contributed by atoms with Crippen molar-refractivity contribution >= 4 is 22.3 Å². The molecule has 1 N–H and O–H groups in total. The molecule has 2 rings (SSSR count). The van der Waals surface area contributed by atoms with Gasteiger partial charge in [0.2, 0.25) is 0 Å². The fourth-order valence-electron chi connectivity index (χ4n) is 1.13. The minimum atomic E-state index is -1.24. The van der Waals surface area contributed by atoms with Crippen LogP contribution in [-0.2, 0) is 18.2 Å². The third kappa shape index (κ3) is 1.30. The summed E-state index contributed by atoms with van der Waals surface area (Å²) in [6.07, 6.45) is 2.97. The van der Waals surface area contributed by atoms with Crippen molar-refractivity contribution in [1.82, 2.24) is 19.5 Å². The van der Waals surface area contributed by atoms with Crippen molar-refractivity contribution in [3.05, 3.63) is 16.7 Å². The van der Waals surface area contributed by atoms with Crippen LogP contribution in [0.2, 0.25) is 0 Å². The zero-order chi connectivity index (χ0) is 10.3. The largest absolute Gasteiger partial charge is 0.609 e. The van der Waals surface area contributed by atoms with Gasteiger partial charge in [-0.15, -0.1) is 0 Å². The molecule has 0 saturated heterocycles. The second-order valence-electron chi connectivity index (χ2n) is 2.83. The molecule has 14 heavy (non-hydrogen) atoms.